The summed E-state index contributed by atoms with van der Waals surface area (Å²) in [5.74, 6) is 0.622. The van der Waals surface area contributed by atoms with Gasteiger partial charge in [-0.25, -0.2) is 8.42 Å². The highest BCUT2D eigenvalue weighted by molar-refractivity contribution is 7.92. The molecule has 9 heteroatoms. The van der Waals surface area contributed by atoms with Crippen LogP contribution in [0.15, 0.2) is 47.4 Å². The standard InChI is InChI=1S/C21H24N2O6S/c1-16-2-4-17(5-3-16)23(15-21(24)22-8-10-27-11-9-22)30(25,26)18-6-7-19-20(14-18)29-13-12-28-19/h2-7,14H,8-13,15H2,1H3. The summed E-state index contributed by atoms with van der Waals surface area (Å²) in [4.78, 5) is 14.6. The molecule has 2 heterocycles. The normalized spacial score (nSPS) is 16.2. The molecular weight excluding hydrogens is 408 g/mol. The van der Waals surface area contributed by atoms with Crippen LogP contribution in [0.3, 0.4) is 0 Å². The lowest BCUT2D eigenvalue weighted by atomic mass is 10.2. The zero-order valence-electron chi connectivity index (χ0n) is 16.7. The Morgan fingerprint density at radius 1 is 0.967 bits per heavy atom. The molecule has 0 N–H and O–H groups in total. The van der Waals surface area contributed by atoms with E-state index in [-0.39, 0.29) is 17.3 Å². The first-order chi connectivity index (χ1) is 14.4. The van der Waals surface area contributed by atoms with E-state index in [0.29, 0.717) is 56.7 Å². The van der Waals surface area contributed by atoms with Crippen LogP contribution in [0.4, 0.5) is 5.69 Å². The van der Waals surface area contributed by atoms with E-state index in [0.717, 1.165) is 9.87 Å². The molecule has 1 amide bonds. The molecule has 0 radical (unpaired) electrons. The van der Waals surface area contributed by atoms with Crippen molar-refractivity contribution in [3.63, 3.8) is 0 Å². The minimum Gasteiger partial charge on any atom is -0.486 e. The molecular formula is C21H24N2O6S. The number of fused-ring (bicyclic) bond motifs is 1. The topological polar surface area (TPSA) is 85.4 Å². The number of rotatable bonds is 5. The Balaban J connectivity index is 1.68. The largest absolute Gasteiger partial charge is 0.486 e. The van der Waals surface area contributed by atoms with Gasteiger partial charge in [-0.2, -0.15) is 0 Å². The zero-order chi connectivity index (χ0) is 21.1. The van der Waals surface area contributed by atoms with Crippen LogP contribution in [0.25, 0.3) is 0 Å². The van der Waals surface area contributed by atoms with Gasteiger partial charge >= 0.3 is 0 Å². The lowest BCUT2D eigenvalue weighted by Gasteiger charge is -2.31. The second-order valence-electron chi connectivity index (χ2n) is 7.15. The maximum atomic E-state index is 13.6. The van der Waals surface area contributed by atoms with E-state index in [2.05, 4.69) is 0 Å². The van der Waals surface area contributed by atoms with Gasteiger partial charge in [0.1, 0.15) is 19.8 Å². The smallest absolute Gasteiger partial charge is 0.264 e. The van der Waals surface area contributed by atoms with Gasteiger partial charge in [0.15, 0.2) is 11.5 Å². The van der Waals surface area contributed by atoms with Crippen molar-refractivity contribution in [2.75, 3.05) is 50.4 Å². The number of carbonyl (C=O) groups is 1. The van der Waals surface area contributed by atoms with Gasteiger partial charge in [0, 0.05) is 19.2 Å². The second kappa shape index (κ2) is 8.53. The first kappa shape index (κ1) is 20.5. The molecule has 0 spiro atoms. The van der Waals surface area contributed by atoms with Gasteiger partial charge in [-0.15, -0.1) is 0 Å². The van der Waals surface area contributed by atoms with Crippen molar-refractivity contribution in [1.29, 1.82) is 0 Å². The van der Waals surface area contributed by atoms with Crippen LogP contribution in [0, 0.1) is 6.92 Å². The van der Waals surface area contributed by atoms with Crippen molar-refractivity contribution in [1.82, 2.24) is 4.90 Å². The lowest BCUT2D eigenvalue weighted by molar-refractivity contribution is -0.133. The summed E-state index contributed by atoms with van der Waals surface area (Å²) in [6.45, 7) is 4.20. The fraction of sp³-hybridized carbons (Fsp3) is 0.381. The Kier molecular flexibility index (Phi) is 5.83. The summed E-state index contributed by atoms with van der Waals surface area (Å²) in [7, 11) is -4.02. The van der Waals surface area contributed by atoms with E-state index in [1.54, 1.807) is 23.1 Å². The summed E-state index contributed by atoms with van der Waals surface area (Å²) in [5, 5.41) is 0. The average Bonchev–Trinajstić information content (AvgIpc) is 2.78. The van der Waals surface area contributed by atoms with Gasteiger partial charge in [-0.1, -0.05) is 17.7 Å². The molecule has 8 nitrogen and oxygen atoms in total. The van der Waals surface area contributed by atoms with Gasteiger partial charge in [0.05, 0.1) is 23.8 Å². The quantitative estimate of drug-likeness (QED) is 0.717. The predicted octanol–water partition coefficient (Wildman–Crippen LogP) is 1.82. The summed E-state index contributed by atoms with van der Waals surface area (Å²) in [6, 6.07) is 11.6. The Labute approximate surface area is 176 Å². The fourth-order valence-corrected chi connectivity index (χ4v) is 4.80. The Hall–Kier alpha value is -2.78. The molecule has 0 aliphatic carbocycles. The minimum absolute atomic E-state index is 0.0436. The highest BCUT2D eigenvalue weighted by atomic mass is 32.2. The highest BCUT2D eigenvalue weighted by Gasteiger charge is 2.30. The Bertz CT molecular complexity index is 1020. The molecule has 1 saturated heterocycles. The molecule has 2 aromatic carbocycles. The van der Waals surface area contributed by atoms with Gasteiger partial charge in [-0.3, -0.25) is 9.10 Å². The molecule has 1 fully saturated rings. The molecule has 4 rings (SSSR count). The van der Waals surface area contributed by atoms with E-state index in [1.165, 1.54) is 12.1 Å². The van der Waals surface area contributed by atoms with Crippen molar-refractivity contribution in [2.45, 2.75) is 11.8 Å². The molecule has 0 atom stereocenters. The number of carbonyl (C=O) groups excluding carboxylic acids is 1. The summed E-state index contributed by atoms with van der Waals surface area (Å²) in [6.07, 6.45) is 0. The van der Waals surface area contributed by atoms with E-state index in [1.807, 2.05) is 19.1 Å². The van der Waals surface area contributed by atoms with Gasteiger partial charge in [0.2, 0.25) is 5.91 Å². The first-order valence-electron chi connectivity index (χ1n) is 9.80. The third-order valence-corrected chi connectivity index (χ3v) is 6.84. The number of amides is 1. The number of ether oxygens (including phenoxy) is 3. The number of nitrogens with zero attached hydrogens (tertiary/aromatic N) is 2. The maximum absolute atomic E-state index is 13.6. The number of sulfonamides is 1. The summed E-state index contributed by atoms with van der Waals surface area (Å²) < 4.78 is 44.6. The number of hydrogen-bond acceptors (Lipinski definition) is 6. The number of anilines is 1. The number of hydrogen-bond donors (Lipinski definition) is 0. The summed E-state index contributed by atoms with van der Waals surface area (Å²) >= 11 is 0. The molecule has 0 bridgehead atoms. The average molecular weight is 432 g/mol. The van der Waals surface area contributed by atoms with Crippen molar-refractivity contribution in [3.05, 3.63) is 48.0 Å². The third kappa shape index (κ3) is 4.22. The SMILES string of the molecule is Cc1ccc(N(CC(=O)N2CCOCC2)S(=O)(=O)c2ccc3c(c2)OCCO3)cc1. The highest BCUT2D eigenvalue weighted by Crippen LogP contribution is 2.34. The molecule has 0 saturated carbocycles. The molecule has 30 heavy (non-hydrogen) atoms. The third-order valence-electron chi connectivity index (χ3n) is 5.07. The van der Waals surface area contributed by atoms with Gasteiger partial charge in [0.25, 0.3) is 10.0 Å². The van der Waals surface area contributed by atoms with Crippen LogP contribution in [0.1, 0.15) is 5.56 Å². The van der Waals surface area contributed by atoms with Crippen LogP contribution in [0.2, 0.25) is 0 Å². The van der Waals surface area contributed by atoms with Gasteiger partial charge < -0.3 is 19.1 Å². The second-order valence-corrected chi connectivity index (χ2v) is 9.01. The monoisotopic (exact) mass is 432 g/mol. The van der Waals surface area contributed by atoms with Crippen LogP contribution < -0.4 is 13.8 Å². The predicted molar refractivity (Wildman–Crippen MR) is 111 cm³/mol. The van der Waals surface area contributed by atoms with Crippen LogP contribution in [-0.2, 0) is 19.6 Å². The van der Waals surface area contributed by atoms with Crippen molar-refractivity contribution in [2.24, 2.45) is 0 Å². The Morgan fingerprint density at radius 2 is 1.63 bits per heavy atom. The fourth-order valence-electron chi connectivity index (χ4n) is 3.37. The maximum Gasteiger partial charge on any atom is 0.264 e. The zero-order valence-corrected chi connectivity index (χ0v) is 17.6. The molecule has 0 unspecified atom stereocenters. The van der Waals surface area contributed by atoms with E-state index >= 15 is 0 Å². The number of benzene rings is 2. The number of aryl methyl sites for hydroxylation is 1. The molecule has 0 aromatic heterocycles. The minimum atomic E-state index is -4.02. The first-order valence-corrected chi connectivity index (χ1v) is 11.2. The summed E-state index contributed by atoms with van der Waals surface area (Å²) in [5.41, 5.74) is 1.42. The molecule has 2 aromatic rings. The van der Waals surface area contributed by atoms with E-state index in [9.17, 15) is 13.2 Å². The van der Waals surface area contributed by atoms with Crippen molar-refractivity contribution in [3.8, 4) is 11.5 Å². The number of morpholine rings is 1. The van der Waals surface area contributed by atoms with E-state index < -0.39 is 10.0 Å². The molecule has 2 aliphatic heterocycles. The van der Waals surface area contributed by atoms with Crippen LogP contribution >= 0.6 is 0 Å². The Morgan fingerprint density at radius 3 is 2.33 bits per heavy atom. The molecule has 2 aliphatic rings. The molecule has 160 valence electrons. The van der Waals surface area contributed by atoms with E-state index in [4.69, 9.17) is 14.2 Å². The van der Waals surface area contributed by atoms with Crippen LogP contribution in [0.5, 0.6) is 11.5 Å². The van der Waals surface area contributed by atoms with Crippen molar-refractivity contribution >= 4 is 21.6 Å². The van der Waals surface area contributed by atoms with Gasteiger partial charge in [-0.05, 0) is 31.2 Å². The lowest BCUT2D eigenvalue weighted by Crippen LogP contribution is -2.47. The van der Waals surface area contributed by atoms with Crippen LogP contribution in [-0.4, -0.2) is 65.3 Å². The van der Waals surface area contributed by atoms with Crippen molar-refractivity contribution < 1.29 is 27.4 Å².